The highest BCUT2D eigenvalue weighted by atomic mass is 32.2. The maximum absolute atomic E-state index is 12.9. The molecule has 24 heavy (non-hydrogen) atoms. The summed E-state index contributed by atoms with van der Waals surface area (Å²) in [5, 5.41) is 17.6. The zero-order valence-electron chi connectivity index (χ0n) is 12.5. The lowest BCUT2D eigenvalue weighted by atomic mass is 10.3. The summed E-state index contributed by atoms with van der Waals surface area (Å²) in [6.07, 6.45) is 0.992. The van der Waals surface area contributed by atoms with E-state index in [1.165, 1.54) is 42.2 Å². The van der Waals surface area contributed by atoms with Crippen molar-refractivity contribution in [3.8, 4) is 11.8 Å². The number of aromatic nitrogens is 3. The van der Waals surface area contributed by atoms with E-state index >= 15 is 0 Å². The first-order chi connectivity index (χ1) is 11.6. The molecule has 3 aromatic rings. The fourth-order valence-corrected chi connectivity index (χ4v) is 2.42. The van der Waals surface area contributed by atoms with Crippen LogP contribution in [-0.2, 0) is 0 Å². The monoisotopic (exact) mass is 342 g/mol. The Morgan fingerprint density at radius 2 is 2.00 bits per heavy atom. The zero-order valence-corrected chi connectivity index (χ0v) is 13.3. The summed E-state index contributed by atoms with van der Waals surface area (Å²) in [6.45, 7) is 1.76. The molecule has 3 rings (SSSR count). The first-order valence-electron chi connectivity index (χ1n) is 6.93. The molecule has 2 heterocycles. The fraction of sp³-hybridized carbons (Fsp3) is 0.125. The van der Waals surface area contributed by atoms with Crippen molar-refractivity contribution < 1.29 is 13.5 Å². The van der Waals surface area contributed by atoms with Crippen LogP contribution in [0.2, 0.25) is 0 Å². The van der Waals surface area contributed by atoms with Gasteiger partial charge in [-0.1, -0.05) is 0 Å². The molecule has 0 fully saturated rings. The second kappa shape index (κ2) is 7.10. The Hall–Kier alpha value is -2.92. The maximum Gasteiger partial charge on any atom is 0.283 e. The molecule has 0 aliphatic carbocycles. The van der Waals surface area contributed by atoms with Gasteiger partial charge < -0.3 is 9.15 Å². The van der Waals surface area contributed by atoms with Crippen LogP contribution < -0.4 is 4.74 Å². The minimum atomic E-state index is -0.480. The number of ether oxygens (including phenoxy) is 1. The number of hydrogen-bond donors (Lipinski definition) is 0. The van der Waals surface area contributed by atoms with Crippen LogP contribution in [0.5, 0.6) is 5.75 Å². The van der Waals surface area contributed by atoms with E-state index in [9.17, 15) is 4.39 Å². The molecule has 0 N–H and O–H groups in total. The first-order valence-corrected chi connectivity index (χ1v) is 7.75. The van der Waals surface area contributed by atoms with Crippen LogP contribution >= 0.6 is 11.8 Å². The molecule has 0 bridgehead atoms. The van der Waals surface area contributed by atoms with Gasteiger partial charge in [-0.3, -0.25) is 0 Å². The van der Waals surface area contributed by atoms with Gasteiger partial charge in [-0.25, -0.2) is 9.37 Å². The number of rotatable bonds is 5. The third-order valence-electron chi connectivity index (χ3n) is 2.95. The van der Waals surface area contributed by atoms with Gasteiger partial charge in [-0.15, -0.1) is 10.2 Å². The van der Waals surface area contributed by atoms with Crippen LogP contribution in [0.25, 0.3) is 0 Å². The lowest BCUT2D eigenvalue weighted by molar-refractivity contribution is 0.181. The van der Waals surface area contributed by atoms with Gasteiger partial charge in [0, 0.05) is 6.20 Å². The smallest absolute Gasteiger partial charge is 0.283 e. The van der Waals surface area contributed by atoms with E-state index in [1.807, 2.05) is 6.07 Å². The number of benzene rings is 1. The molecule has 0 aliphatic heterocycles. The van der Waals surface area contributed by atoms with Gasteiger partial charge in [-0.05, 0) is 55.1 Å². The number of pyridine rings is 1. The molecule has 1 atom stereocenters. The fourth-order valence-electron chi connectivity index (χ4n) is 1.79. The van der Waals surface area contributed by atoms with E-state index in [1.54, 1.807) is 19.1 Å². The average molecular weight is 342 g/mol. The predicted octanol–water partition coefficient (Wildman–Crippen LogP) is 3.77. The van der Waals surface area contributed by atoms with Gasteiger partial charge in [-0.2, -0.15) is 5.26 Å². The third-order valence-corrected chi connectivity index (χ3v) is 3.74. The van der Waals surface area contributed by atoms with Crippen molar-refractivity contribution in [1.82, 2.24) is 15.2 Å². The number of halogens is 1. The second-order valence-electron chi connectivity index (χ2n) is 4.72. The van der Waals surface area contributed by atoms with Crippen molar-refractivity contribution >= 4 is 11.8 Å². The van der Waals surface area contributed by atoms with Gasteiger partial charge in [0.15, 0.2) is 6.10 Å². The molecule has 0 saturated heterocycles. The molecule has 0 radical (unpaired) electrons. The molecule has 0 aliphatic rings. The number of hydrogen-bond acceptors (Lipinski definition) is 7. The zero-order chi connectivity index (χ0) is 16.9. The highest BCUT2D eigenvalue weighted by Gasteiger charge is 2.16. The molecule has 8 heteroatoms. The normalized spacial score (nSPS) is 11.7. The Kier molecular flexibility index (Phi) is 4.72. The van der Waals surface area contributed by atoms with Crippen molar-refractivity contribution in [3.63, 3.8) is 0 Å². The molecule has 0 amide bonds. The van der Waals surface area contributed by atoms with Crippen molar-refractivity contribution in [3.05, 3.63) is 59.9 Å². The summed E-state index contributed by atoms with van der Waals surface area (Å²) in [5.74, 6) is 0.474. The Morgan fingerprint density at radius 3 is 2.67 bits per heavy atom. The van der Waals surface area contributed by atoms with E-state index < -0.39 is 6.10 Å². The molecular weight excluding hydrogens is 331 g/mol. The highest BCUT2D eigenvalue weighted by molar-refractivity contribution is 7.99. The summed E-state index contributed by atoms with van der Waals surface area (Å²) < 4.78 is 24.0. The molecule has 0 saturated carbocycles. The highest BCUT2D eigenvalue weighted by Crippen LogP contribution is 2.27. The van der Waals surface area contributed by atoms with Crippen LogP contribution in [0, 0.1) is 17.1 Å². The summed E-state index contributed by atoms with van der Waals surface area (Å²) in [6, 6.07) is 11.0. The van der Waals surface area contributed by atoms with Gasteiger partial charge in [0.1, 0.15) is 22.7 Å². The average Bonchev–Trinajstić information content (AvgIpc) is 3.06. The van der Waals surface area contributed by atoms with E-state index in [2.05, 4.69) is 15.2 Å². The summed E-state index contributed by atoms with van der Waals surface area (Å²) in [5.41, 5.74) is 0.479. The van der Waals surface area contributed by atoms with Gasteiger partial charge >= 0.3 is 0 Å². The molecular formula is C16H11FN4O2S. The van der Waals surface area contributed by atoms with Crippen molar-refractivity contribution in [2.24, 2.45) is 0 Å². The van der Waals surface area contributed by atoms with E-state index in [4.69, 9.17) is 14.4 Å². The molecule has 2 aromatic heterocycles. The number of nitrogens with zero attached hydrogens (tertiary/aromatic N) is 4. The topological polar surface area (TPSA) is 84.8 Å². The Bertz CT molecular complexity index is 859. The standard InChI is InChI=1S/C16H11FN4O2S/c1-10(22-13-5-3-12(17)4-6-13)15-20-21-16(23-15)24-14-7-2-11(8-18)9-19-14/h2-7,9-10H,1H3/t10-/m1/s1. The maximum atomic E-state index is 12.9. The summed E-state index contributed by atoms with van der Waals surface area (Å²) >= 11 is 1.19. The predicted molar refractivity (Wildman–Crippen MR) is 82.8 cm³/mol. The van der Waals surface area contributed by atoms with Crippen molar-refractivity contribution in [1.29, 1.82) is 5.26 Å². The van der Waals surface area contributed by atoms with E-state index in [-0.39, 0.29) is 5.82 Å². The van der Waals surface area contributed by atoms with Gasteiger partial charge in [0.2, 0.25) is 0 Å². The SMILES string of the molecule is C[C@@H](Oc1ccc(F)cc1)c1nnc(Sc2ccc(C#N)cn2)o1. The van der Waals surface area contributed by atoms with Crippen molar-refractivity contribution in [2.75, 3.05) is 0 Å². The summed E-state index contributed by atoms with van der Waals surface area (Å²) in [4.78, 5) is 4.12. The molecule has 6 nitrogen and oxygen atoms in total. The van der Waals surface area contributed by atoms with Gasteiger partial charge in [0.05, 0.1) is 5.56 Å². The largest absolute Gasteiger partial charge is 0.481 e. The number of nitriles is 1. The molecule has 0 spiro atoms. The molecule has 1 aromatic carbocycles. The van der Waals surface area contributed by atoms with Crippen LogP contribution in [0.15, 0.2) is 57.3 Å². The van der Waals surface area contributed by atoms with Crippen LogP contribution in [0.1, 0.15) is 24.5 Å². The molecule has 120 valence electrons. The van der Waals surface area contributed by atoms with Gasteiger partial charge in [0.25, 0.3) is 11.1 Å². The van der Waals surface area contributed by atoms with E-state index in [0.29, 0.717) is 27.5 Å². The Morgan fingerprint density at radius 1 is 1.21 bits per heavy atom. The first kappa shape index (κ1) is 16.0. The van der Waals surface area contributed by atoms with E-state index in [0.717, 1.165) is 0 Å². The quantitative estimate of drug-likeness (QED) is 0.697. The molecule has 0 unspecified atom stereocenters. The van der Waals surface area contributed by atoms with Crippen LogP contribution in [0.3, 0.4) is 0 Å². The van der Waals surface area contributed by atoms with Crippen LogP contribution in [-0.4, -0.2) is 15.2 Å². The lowest BCUT2D eigenvalue weighted by Crippen LogP contribution is -2.03. The van der Waals surface area contributed by atoms with Crippen molar-refractivity contribution in [2.45, 2.75) is 23.3 Å². The second-order valence-corrected chi connectivity index (χ2v) is 5.69. The lowest BCUT2D eigenvalue weighted by Gasteiger charge is -2.10. The Labute approximate surface area is 141 Å². The minimum absolute atomic E-state index is 0.301. The minimum Gasteiger partial charge on any atom is -0.481 e. The van der Waals surface area contributed by atoms with Crippen LogP contribution in [0.4, 0.5) is 4.39 Å². The Balaban J connectivity index is 1.65. The summed E-state index contributed by atoms with van der Waals surface area (Å²) in [7, 11) is 0. The third kappa shape index (κ3) is 3.88.